The number of benzene rings is 3. The van der Waals surface area contributed by atoms with Crippen LogP contribution >= 0.6 is 11.6 Å². The summed E-state index contributed by atoms with van der Waals surface area (Å²) in [7, 11) is 0. The fraction of sp³-hybridized carbons (Fsp3) is 0.107. The number of nitrogens with zero attached hydrogens (tertiary/aromatic N) is 2. The number of amides is 2. The summed E-state index contributed by atoms with van der Waals surface area (Å²) in [5.74, 6) is -2.04. The molecule has 4 aromatic rings. The lowest BCUT2D eigenvalue weighted by molar-refractivity contribution is 0.0475. The zero-order chi connectivity index (χ0) is 25.4. The minimum Gasteiger partial charge on any atom is -0.454 e. The van der Waals surface area contributed by atoms with Crippen LogP contribution in [0.15, 0.2) is 72.8 Å². The standard InChI is InChI=1S/C28H19ClN2O5/c1-2-21-25-24(19-8-4-6-10-22(19)30-21)26(33)31(27(25)34)17-13-11-16(12-14-17)28(35)36-15-23(32)18-7-3-5-9-20(18)29/h3-14H,2,15H2,1H3. The van der Waals surface area contributed by atoms with Crippen molar-refractivity contribution in [3.8, 4) is 0 Å². The average molecular weight is 499 g/mol. The summed E-state index contributed by atoms with van der Waals surface area (Å²) in [4.78, 5) is 57.2. The molecule has 2 amide bonds. The number of ketones is 1. The average Bonchev–Trinajstić information content (AvgIpc) is 3.17. The summed E-state index contributed by atoms with van der Waals surface area (Å²) >= 11 is 6.01. The van der Waals surface area contributed by atoms with E-state index in [0.29, 0.717) is 39.8 Å². The first-order valence-electron chi connectivity index (χ1n) is 11.3. The minimum atomic E-state index is -0.715. The molecule has 0 unspecified atom stereocenters. The van der Waals surface area contributed by atoms with Gasteiger partial charge in [-0.05, 0) is 48.9 Å². The van der Waals surface area contributed by atoms with Gasteiger partial charge in [-0.1, -0.05) is 48.9 Å². The Kier molecular flexibility index (Phi) is 6.08. The summed E-state index contributed by atoms with van der Waals surface area (Å²) in [6.07, 6.45) is 0.498. The van der Waals surface area contributed by atoms with E-state index in [9.17, 15) is 19.2 Å². The molecule has 0 N–H and O–H groups in total. The summed E-state index contributed by atoms with van der Waals surface area (Å²) in [6, 6.07) is 19.6. The van der Waals surface area contributed by atoms with E-state index in [0.717, 1.165) is 4.90 Å². The van der Waals surface area contributed by atoms with E-state index in [4.69, 9.17) is 16.3 Å². The first-order valence-corrected chi connectivity index (χ1v) is 11.6. The summed E-state index contributed by atoms with van der Waals surface area (Å²) < 4.78 is 5.13. The van der Waals surface area contributed by atoms with E-state index in [1.165, 1.54) is 24.3 Å². The smallest absolute Gasteiger partial charge is 0.338 e. The SMILES string of the molecule is CCc1nc2ccccc2c2c1C(=O)N(c1ccc(C(=O)OCC(=O)c3ccccc3Cl)cc1)C2=O. The number of carbonyl (C=O) groups is 4. The van der Waals surface area contributed by atoms with Gasteiger partial charge in [0.05, 0.1) is 38.6 Å². The van der Waals surface area contributed by atoms with Crippen LogP contribution in [0.5, 0.6) is 0 Å². The van der Waals surface area contributed by atoms with E-state index in [-0.39, 0.29) is 16.1 Å². The lowest BCUT2D eigenvalue weighted by Crippen LogP contribution is -2.29. The Morgan fingerprint density at radius 3 is 2.28 bits per heavy atom. The van der Waals surface area contributed by atoms with Gasteiger partial charge in [0, 0.05) is 10.9 Å². The van der Waals surface area contributed by atoms with Gasteiger partial charge in [-0.3, -0.25) is 19.4 Å². The summed E-state index contributed by atoms with van der Waals surface area (Å²) in [6.45, 7) is 1.41. The number of aryl methyl sites for hydroxylation is 1. The Labute approximate surface area is 211 Å². The Hall–Kier alpha value is -4.36. The van der Waals surface area contributed by atoms with Crippen molar-refractivity contribution in [2.45, 2.75) is 13.3 Å². The van der Waals surface area contributed by atoms with Crippen molar-refractivity contribution in [3.05, 3.63) is 106 Å². The van der Waals surface area contributed by atoms with Crippen LogP contribution in [0, 0.1) is 0 Å². The normalized spacial score (nSPS) is 12.7. The number of pyridine rings is 1. The zero-order valence-electron chi connectivity index (χ0n) is 19.2. The highest BCUT2D eigenvalue weighted by atomic mass is 35.5. The third-order valence-electron chi connectivity index (χ3n) is 6.01. The van der Waals surface area contributed by atoms with Gasteiger partial charge in [0.1, 0.15) is 0 Å². The van der Waals surface area contributed by atoms with Crippen LogP contribution < -0.4 is 4.90 Å². The predicted molar refractivity (Wildman–Crippen MR) is 135 cm³/mol. The van der Waals surface area contributed by atoms with Crippen molar-refractivity contribution in [2.24, 2.45) is 0 Å². The second-order valence-electron chi connectivity index (χ2n) is 8.15. The van der Waals surface area contributed by atoms with Crippen LogP contribution in [0.4, 0.5) is 5.69 Å². The second kappa shape index (κ2) is 9.36. The number of aromatic nitrogens is 1. The number of halogens is 1. The van der Waals surface area contributed by atoms with Crippen molar-refractivity contribution in [2.75, 3.05) is 11.5 Å². The molecule has 0 aliphatic carbocycles. The number of esters is 1. The highest BCUT2D eigenvalue weighted by Crippen LogP contribution is 2.34. The second-order valence-corrected chi connectivity index (χ2v) is 8.56. The lowest BCUT2D eigenvalue weighted by atomic mass is 10.0. The molecule has 1 aromatic heterocycles. The van der Waals surface area contributed by atoms with Crippen LogP contribution in [0.1, 0.15) is 54.0 Å². The molecule has 5 rings (SSSR count). The van der Waals surface area contributed by atoms with Gasteiger partial charge in [0.15, 0.2) is 6.61 Å². The van der Waals surface area contributed by atoms with Crippen molar-refractivity contribution < 1.29 is 23.9 Å². The van der Waals surface area contributed by atoms with E-state index < -0.39 is 30.2 Å². The molecular weight excluding hydrogens is 480 g/mol. The topological polar surface area (TPSA) is 93.6 Å². The minimum absolute atomic E-state index is 0.170. The number of hydrogen-bond donors (Lipinski definition) is 0. The predicted octanol–water partition coefficient (Wildman–Crippen LogP) is 5.29. The molecule has 0 spiro atoms. The quantitative estimate of drug-likeness (QED) is 0.204. The van der Waals surface area contributed by atoms with Crippen LogP contribution in [-0.2, 0) is 11.2 Å². The molecule has 1 aliphatic heterocycles. The molecule has 2 heterocycles. The molecule has 7 nitrogen and oxygen atoms in total. The van der Waals surface area contributed by atoms with Gasteiger partial charge >= 0.3 is 5.97 Å². The molecule has 0 fully saturated rings. The van der Waals surface area contributed by atoms with E-state index in [1.54, 1.807) is 36.4 Å². The van der Waals surface area contributed by atoms with Gasteiger partial charge in [-0.25, -0.2) is 9.69 Å². The molecule has 0 radical (unpaired) electrons. The zero-order valence-corrected chi connectivity index (χ0v) is 19.9. The van der Waals surface area contributed by atoms with Gasteiger partial charge in [0.2, 0.25) is 5.78 Å². The molecule has 3 aromatic carbocycles. The van der Waals surface area contributed by atoms with Crippen LogP contribution in [-0.4, -0.2) is 35.2 Å². The Bertz CT molecular complexity index is 1560. The molecular formula is C28H19ClN2O5. The summed E-state index contributed by atoms with van der Waals surface area (Å²) in [5.41, 5.74) is 2.61. The molecule has 0 atom stereocenters. The number of anilines is 1. The van der Waals surface area contributed by atoms with E-state index in [1.807, 2.05) is 19.1 Å². The van der Waals surface area contributed by atoms with Gasteiger partial charge < -0.3 is 4.74 Å². The van der Waals surface area contributed by atoms with Crippen LogP contribution in [0.25, 0.3) is 10.9 Å². The number of ether oxygens (including phenoxy) is 1. The number of Topliss-reactive ketones (excluding diaryl/α,β-unsaturated/α-hetero) is 1. The number of para-hydroxylation sites is 1. The fourth-order valence-corrected chi connectivity index (χ4v) is 4.49. The Morgan fingerprint density at radius 2 is 1.56 bits per heavy atom. The maximum Gasteiger partial charge on any atom is 0.338 e. The van der Waals surface area contributed by atoms with Crippen molar-refractivity contribution in [1.82, 2.24) is 4.98 Å². The number of hydrogen-bond acceptors (Lipinski definition) is 6. The van der Waals surface area contributed by atoms with Crippen molar-refractivity contribution in [1.29, 1.82) is 0 Å². The van der Waals surface area contributed by atoms with Gasteiger partial charge in [-0.2, -0.15) is 0 Å². The maximum atomic E-state index is 13.4. The summed E-state index contributed by atoms with van der Waals surface area (Å²) in [5, 5.41) is 0.895. The van der Waals surface area contributed by atoms with Crippen molar-refractivity contribution >= 4 is 51.8 Å². The monoisotopic (exact) mass is 498 g/mol. The molecule has 1 aliphatic rings. The van der Waals surface area contributed by atoms with Crippen LogP contribution in [0.2, 0.25) is 5.02 Å². The Morgan fingerprint density at radius 1 is 0.889 bits per heavy atom. The fourth-order valence-electron chi connectivity index (χ4n) is 4.25. The lowest BCUT2D eigenvalue weighted by Gasteiger charge is -2.14. The van der Waals surface area contributed by atoms with Gasteiger partial charge in [-0.15, -0.1) is 0 Å². The highest BCUT2D eigenvalue weighted by molar-refractivity contribution is 6.38. The maximum absolute atomic E-state index is 13.4. The molecule has 0 saturated carbocycles. The third kappa shape index (κ3) is 3.93. The molecule has 0 saturated heterocycles. The molecule has 8 heteroatoms. The van der Waals surface area contributed by atoms with Crippen LogP contribution in [0.3, 0.4) is 0 Å². The number of fused-ring (bicyclic) bond motifs is 3. The third-order valence-corrected chi connectivity index (χ3v) is 6.34. The largest absolute Gasteiger partial charge is 0.454 e. The van der Waals surface area contributed by atoms with Gasteiger partial charge in [0.25, 0.3) is 11.8 Å². The number of imide groups is 1. The first-order chi connectivity index (χ1) is 17.4. The highest BCUT2D eigenvalue weighted by Gasteiger charge is 2.40. The van der Waals surface area contributed by atoms with Crippen molar-refractivity contribution in [3.63, 3.8) is 0 Å². The first kappa shape index (κ1) is 23.4. The number of carbonyl (C=O) groups excluding carboxylic acids is 4. The Balaban J connectivity index is 1.37. The molecule has 36 heavy (non-hydrogen) atoms. The van der Waals surface area contributed by atoms with E-state index in [2.05, 4.69) is 4.98 Å². The molecule has 0 bridgehead atoms. The molecule has 178 valence electrons. The number of rotatable bonds is 6. The van der Waals surface area contributed by atoms with E-state index >= 15 is 0 Å².